The summed E-state index contributed by atoms with van der Waals surface area (Å²) in [6, 6.07) is 12.9. The lowest BCUT2D eigenvalue weighted by atomic mass is 10.1. The molecule has 24 heavy (non-hydrogen) atoms. The second kappa shape index (κ2) is 7.29. The molecule has 2 aromatic rings. The molecule has 0 aliphatic rings. The average molecular weight is 335 g/mol. The van der Waals surface area contributed by atoms with E-state index < -0.39 is 18.2 Å². The number of anilines is 2. The number of para-hydroxylation sites is 1. The molecule has 0 saturated heterocycles. The van der Waals surface area contributed by atoms with E-state index in [-0.39, 0.29) is 5.75 Å². The second-order valence-electron chi connectivity index (χ2n) is 6.08. The Bertz CT molecular complexity index is 694. The van der Waals surface area contributed by atoms with Crippen LogP contribution in [0, 0.1) is 0 Å². The van der Waals surface area contributed by atoms with Crippen LogP contribution in [0.4, 0.5) is 20.2 Å². The van der Waals surface area contributed by atoms with Crippen molar-refractivity contribution in [3.05, 3.63) is 54.1 Å². The van der Waals surface area contributed by atoms with Gasteiger partial charge in [0.05, 0.1) is 11.3 Å². The lowest BCUT2D eigenvalue weighted by Crippen LogP contribution is -2.24. The maximum Gasteiger partial charge on any atom is 0.387 e. The number of carbonyl (C=O) groups excluding carboxylic acids is 1. The number of carbonyl (C=O) groups is 1. The first-order chi connectivity index (χ1) is 11.2. The summed E-state index contributed by atoms with van der Waals surface area (Å²) in [7, 11) is 0. The summed E-state index contributed by atoms with van der Waals surface area (Å²) in [4.78, 5) is 12.3. The molecule has 0 fully saturated rings. The predicted molar refractivity (Wildman–Crippen MR) is 88.0 cm³/mol. The van der Waals surface area contributed by atoms with Gasteiger partial charge in [-0.3, -0.25) is 0 Å². The van der Waals surface area contributed by atoms with Crippen molar-refractivity contribution < 1.29 is 23.0 Å². The van der Waals surface area contributed by atoms with Gasteiger partial charge in [-0.1, -0.05) is 12.1 Å². The Morgan fingerprint density at radius 3 is 2.25 bits per heavy atom. The van der Waals surface area contributed by atoms with Crippen LogP contribution < -0.4 is 10.1 Å². The van der Waals surface area contributed by atoms with Crippen molar-refractivity contribution in [2.75, 3.05) is 5.32 Å². The fourth-order valence-electron chi connectivity index (χ4n) is 1.98. The minimum atomic E-state index is -2.86. The number of hydrogen-bond donors (Lipinski definition) is 1. The topological polar surface area (TPSA) is 47.6 Å². The van der Waals surface area contributed by atoms with E-state index in [2.05, 4.69) is 10.1 Å². The molecule has 2 aromatic carbocycles. The lowest BCUT2D eigenvalue weighted by molar-refractivity contribution is -0.0498. The molecular formula is C18H19F2NO3. The van der Waals surface area contributed by atoms with Gasteiger partial charge in [0.1, 0.15) is 11.4 Å². The Labute approximate surface area is 139 Å². The van der Waals surface area contributed by atoms with Crippen molar-refractivity contribution in [3.63, 3.8) is 0 Å². The number of ether oxygens (including phenoxy) is 2. The molecule has 0 spiro atoms. The minimum Gasteiger partial charge on any atom is -0.456 e. The van der Waals surface area contributed by atoms with Gasteiger partial charge in [0, 0.05) is 5.69 Å². The molecule has 0 atom stereocenters. The summed E-state index contributed by atoms with van der Waals surface area (Å²) in [5.41, 5.74) is 0.987. The number of alkyl halides is 2. The van der Waals surface area contributed by atoms with Gasteiger partial charge in [-0.15, -0.1) is 0 Å². The number of esters is 1. The van der Waals surface area contributed by atoms with Gasteiger partial charge in [0.2, 0.25) is 0 Å². The zero-order valence-electron chi connectivity index (χ0n) is 13.7. The smallest absolute Gasteiger partial charge is 0.387 e. The highest BCUT2D eigenvalue weighted by Crippen LogP contribution is 2.25. The van der Waals surface area contributed by atoms with Gasteiger partial charge in [0.25, 0.3) is 0 Å². The quantitative estimate of drug-likeness (QED) is 0.782. The van der Waals surface area contributed by atoms with E-state index in [1.807, 2.05) is 0 Å². The first kappa shape index (κ1) is 17.7. The fraction of sp³-hybridized carbons (Fsp3) is 0.278. The van der Waals surface area contributed by atoms with E-state index >= 15 is 0 Å². The molecule has 1 N–H and O–H groups in total. The molecule has 0 bridgehead atoms. The molecule has 4 nitrogen and oxygen atoms in total. The Morgan fingerprint density at radius 1 is 1.04 bits per heavy atom. The van der Waals surface area contributed by atoms with E-state index in [4.69, 9.17) is 4.74 Å². The number of halogens is 2. The van der Waals surface area contributed by atoms with Crippen LogP contribution in [0.3, 0.4) is 0 Å². The van der Waals surface area contributed by atoms with Crippen LogP contribution >= 0.6 is 0 Å². The lowest BCUT2D eigenvalue weighted by Gasteiger charge is -2.20. The summed E-state index contributed by atoms with van der Waals surface area (Å²) in [6.07, 6.45) is 0. The highest BCUT2D eigenvalue weighted by atomic mass is 19.3. The summed E-state index contributed by atoms with van der Waals surface area (Å²) in [5, 5.41) is 3.08. The Balaban J connectivity index is 2.17. The van der Waals surface area contributed by atoms with Crippen LogP contribution in [0.15, 0.2) is 48.5 Å². The maximum atomic E-state index is 12.3. The van der Waals surface area contributed by atoms with E-state index in [0.29, 0.717) is 16.9 Å². The van der Waals surface area contributed by atoms with Gasteiger partial charge in [0.15, 0.2) is 0 Å². The van der Waals surface area contributed by atoms with E-state index in [9.17, 15) is 13.6 Å². The number of nitrogens with one attached hydrogen (secondary N) is 1. The highest BCUT2D eigenvalue weighted by Gasteiger charge is 2.20. The molecule has 2 rings (SSSR count). The summed E-state index contributed by atoms with van der Waals surface area (Å²) in [6.45, 7) is 2.52. The molecule has 0 heterocycles. The molecule has 0 saturated carbocycles. The average Bonchev–Trinajstić information content (AvgIpc) is 2.47. The summed E-state index contributed by atoms with van der Waals surface area (Å²) in [5.74, 6) is -0.376. The monoisotopic (exact) mass is 335 g/mol. The summed E-state index contributed by atoms with van der Waals surface area (Å²) < 4.78 is 34.0. The van der Waals surface area contributed by atoms with Gasteiger partial charge in [-0.05, 0) is 57.2 Å². The Kier molecular flexibility index (Phi) is 5.39. The second-order valence-corrected chi connectivity index (χ2v) is 6.08. The van der Waals surface area contributed by atoms with Gasteiger partial charge >= 0.3 is 12.6 Å². The maximum absolute atomic E-state index is 12.3. The zero-order chi connectivity index (χ0) is 17.7. The third kappa shape index (κ3) is 5.22. The number of hydrogen-bond acceptors (Lipinski definition) is 4. The van der Waals surface area contributed by atoms with Crippen molar-refractivity contribution in [3.8, 4) is 5.75 Å². The Morgan fingerprint density at radius 2 is 1.67 bits per heavy atom. The number of rotatable bonds is 5. The third-order valence-corrected chi connectivity index (χ3v) is 2.90. The molecule has 0 amide bonds. The molecular weight excluding hydrogens is 316 g/mol. The van der Waals surface area contributed by atoms with Crippen LogP contribution in [0.1, 0.15) is 31.1 Å². The first-order valence-corrected chi connectivity index (χ1v) is 7.39. The number of benzene rings is 2. The predicted octanol–water partition coefficient (Wildman–Crippen LogP) is 4.99. The van der Waals surface area contributed by atoms with Gasteiger partial charge in [-0.25, -0.2) is 4.79 Å². The molecule has 0 aliphatic carbocycles. The Hall–Kier alpha value is -2.63. The molecule has 0 aromatic heterocycles. The van der Waals surface area contributed by atoms with Gasteiger partial charge in [-0.2, -0.15) is 8.78 Å². The van der Waals surface area contributed by atoms with Crippen molar-refractivity contribution in [2.45, 2.75) is 33.0 Å². The zero-order valence-corrected chi connectivity index (χ0v) is 13.7. The summed E-state index contributed by atoms with van der Waals surface area (Å²) >= 11 is 0. The van der Waals surface area contributed by atoms with Crippen molar-refractivity contribution in [1.29, 1.82) is 0 Å². The fourth-order valence-corrected chi connectivity index (χ4v) is 1.98. The van der Waals surface area contributed by atoms with Crippen LogP contribution in [-0.2, 0) is 4.74 Å². The van der Waals surface area contributed by atoms with Crippen LogP contribution in [0.25, 0.3) is 0 Å². The van der Waals surface area contributed by atoms with E-state index in [0.717, 1.165) is 0 Å². The molecule has 6 heteroatoms. The van der Waals surface area contributed by atoms with Gasteiger partial charge < -0.3 is 14.8 Å². The van der Waals surface area contributed by atoms with E-state index in [1.165, 1.54) is 12.1 Å². The SMILES string of the molecule is CC(C)(C)OC(=O)c1ccccc1Nc1ccc(OC(F)F)cc1. The largest absolute Gasteiger partial charge is 0.456 e. The normalized spacial score (nSPS) is 11.2. The molecule has 128 valence electrons. The standard InChI is InChI=1S/C18H19F2NO3/c1-18(2,3)24-16(22)14-6-4-5-7-15(14)21-12-8-10-13(11-9-12)23-17(19)20/h4-11,17,21H,1-3H3. The van der Waals surface area contributed by atoms with Crippen molar-refractivity contribution >= 4 is 17.3 Å². The minimum absolute atomic E-state index is 0.0657. The van der Waals surface area contributed by atoms with Crippen LogP contribution in [0.5, 0.6) is 5.75 Å². The molecule has 0 unspecified atom stereocenters. The van der Waals surface area contributed by atoms with Crippen molar-refractivity contribution in [2.24, 2.45) is 0 Å². The highest BCUT2D eigenvalue weighted by molar-refractivity contribution is 5.96. The van der Waals surface area contributed by atoms with Crippen LogP contribution in [-0.4, -0.2) is 18.2 Å². The van der Waals surface area contributed by atoms with Crippen LogP contribution in [0.2, 0.25) is 0 Å². The first-order valence-electron chi connectivity index (χ1n) is 7.39. The van der Waals surface area contributed by atoms with Crippen molar-refractivity contribution in [1.82, 2.24) is 0 Å². The van der Waals surface area contributed by atoms with E-state index in [1.54, 1.807) is 57.2 Å². The molecule has 0 aliphatic heterocycles. The third-order valence-electron chi connectivity index (χ3n) is 2.90. The molecule has 0 radical (unpaired) electrons.